The molecular weight excluding hydrogens is 234 g/mol. The second-order valence-electron chi connectivity index (χ2n) is 3.72. The number of nitrogens with zero attached hydrogens (tertiary/aromatic N) is 4. The van der Waals surface area contributed by atoms with E-state index in [0.29, 0.717) is 11.4 Å². The second-order valence-corrected chi connectivity index (χ2v) is 4.24. The van der Waals surface area contributed by atoms with E-state index in [1.165, 1.54) is 0 Å². The van der Waals surface area contributed by atoms with Crippen LogP contribution in [-0.2, 0) is 0 Å². The molecule has 2 rings (SSSR count). The second kappa shape index (κ2) is 5.09. The normalized spacial score (nSPS) is 10.6. The predicted octanol–water partition coefficient (Wildman–Crippen LogP) is 1.23. The summed E-state index contributed by atoms with van der Waals surface area (Å²) in [7, 11) is 0. The number of aromatic nitrogens is 3. The number of hydrogen-bond donors (Lipinski definition) is 1. The van der Waals surface area contributed by atoms with Crippen LogP contribution in [0.15, 0.2) is 24.5 Å². The highest BCUT2D eigenvalue weighted by molar-refractivity contribution is 7.80. The van der Waals surface area contributed by atoms with Crippen LogP contribution in [0, 0.1) is 0 Å². The van der Waals surface area contributed by atoms with Crippen molar-refractivity contribution in [2.45, 2.75) is 13.3 Å². The van der Waals surface area contributed by atoms with E-state index >= 15 is 0 Å². The number of rotatable bonds is 5. The highest BCUT2D eigenvalue weighted by Crippen LogP contribution is 2.12. The Morgan fingerprint density at radius 1 is 1.53 bits per heavy atom. The molecule has 0 aliphatic rings. The number of hydrogen-bond acceptors (Lipinski definition) is 4. The van der Waals surface area contributed by atoms with Crippen molar-refractivity contribution in [2.75, 3.05) is 18.0 Å². The molecule has 0 saturated carbocycles. The lowest BCUT2D eigenvalue weighted by atomic mass is 10.3. The zero-order valence-electron chi connectivity index (χ0n) is 9.71. The molecule has 0 bridgehead atoms. The first-order chi connectivity index (χ1) is 8.20. The lowest BCUT2D eigenvalue weighted by Crippen LogP contribution is -2.28. The average Bonchev–Trinajstić information content (AvgIpc) is 2.76. The fourth-order valence-electron chi connectivity index (χ4n) is 1.66. The van der Waals surface area contributed by atoms with Gasteiger partial charge in [-0.05, 0) is 13.0 Å². The molecule has 0 aliphatic heterocycles. The van der Waals surface area contributed by atoms with Gasteiger partial charge >= 0.3 is 0 Å². The minimum Gasteiger partial charge on any atom is -0.393 e. The number of nitrogens with two attached hydrogens (primary N) is 1. The van der Waals surface area contributed by atoms with Crippen molar-refractivity contribution in [3.63, 3.8) is 0 Å². The summed E-state index contributed by atoms with van der Waals surface area (Å²) in [6, 6.07) is 3.83. The third-order valence-electron chi connectivity index (χ3n) is 2.58. The Balaban J connectivity index is 2.20. The summed E-state index contributed by atoms with van der Waals surface area (Å²) in [5.74, 6) is 0.928. The van der Waals surface area contributed by atoms with Gasteiger partial charge in [-0.2, -0.15) is 5.10 Å². The largest absolute Gasteiger partial charge is 0.393 e. The minimum absolute atomic E-state index is 0.536. The summed E-state index contributed by atoms with van der Waals surface area (Å²) >= 11 is 4.89. The van der Waals surface area contributed by atoms with Crippen molar-refractivity contribution in [2.24, 2.45) is 5.73 Å². The molecule has 2 N–H and O–H groups in total. The van der Waals surface area contributed by atoms with E-state index in [-0.39, 0.29) is 0 Å². The van der Waals surface area contributed by atoms with Gasteiger partial charge in [-0.1, -0.05) is 12.2 Å². The van der Waals surface area contributed by atoms with Crippen molar-refractivity contribution in [3.05, 3.63) is 24.5 Å². The Hall–Kier alpha value is -1.69. The molecule has 6 heteroatoms. The maximum absolute atomic E-state index is 5.52. The summed E-state index contributed by atoms with van der Waals surface area (Å²) in [5.41, 5.74) is 6.36. The maximum Gasteiger partial charge on any atom is 0.157 e. The van der Waals surface area contributed by atoms with E-state index in [2.05, 4.69) is 21.9 Å². The Kier molecular flexibility index (Phi) is 3.53. The molecular formula is C11H15N5S. The van der Waals surface area contributed by atoms with Crippen molar-refractivity contribution >= 4 is 28.7 Å². The molecule has 0 aliphatic carbocycles. The van der Waals surface area contributed by atoms with Gasteiger partial charge in [0.05, 0.1) is 11.2 Å². The van der Waals surface area contributed by atoms with Gasteiger partial charge in [-0.25, -0.2) is 9.50 Å². The van der Waals surface area contributed by atoms with Gasteiger partial charge in [0.2, 0.25) is 0 Å². The molecule has 0 saturated heterocycles. The summed E-state index contributed by atoms with van der Waals surface area (Å²) in [5, 5.41) is 4.11. The van der Waals surface area contributed by atoms with Gasteiger partial charge in [-0.3, -0.25) is 0 Å². The Morgan fingerprint density at radius 2 is 2.35 bits per heavy atom. The molecule has 0 spiro atoms. The van der Waals surface area contributed by atoms with Crippen LogP contribution in [0.4, 0.5) is 5.82 Å². The number of anilines is 1. The SMILES string of the molecule is CCN(CCC(N)=S)c1ccn2nccc2n1. The molecule has 17 heavy (non-hydrogen) atoms. The number of thiocarbonyl (C=S) groups is 1. The quantitative estimate of drug-likeness (QED) is 0.808. The topological polar surface area (TPSA) is 59.5 Å². The Morgan fingerprint density at radius 3 is 3.06 bits per heavy atom. The molecule has 2 aromatic heterocycles. The molecule has 0 unspecified atom stereocenters. The monoisotopic (exact) mass is 249 g/mol. The van der Waals surface area contributed by atoms with Crippen LogP contribution in [0.25, 0.3) is 5.65 Å². The van der Waals surface area contributed by atoms with E-state index in [1.54, 1.807) is 10.7 Å². The Labute approximate surface area is 105 Å². The van der Waals surface area contributed by atoms with Crippen LogP contribution in [0.1, 0.15) is 13.3 Å². The van der Waals surface area contributed by atoms with Crippen LogP contribution in [-0.4, -0.2) is 32.7 Å². The lowest BCUT2D eigenvalue weighted by Gasteiger charge is -2.21. The van der Waals surface area contributed by atoms with E-state index < -0.39 is 0 Å². The van der Waals surface area contributed by atoms with Gasteiger partial charge in [-0.15, -0.1) is 0 Å². The summed E-state index contributed by atoms with van der Waals surface area (Å²) in [6.07, 6.45) is 4.34. The molecule has 90 valence electrons. The van der Waals surface area contributed by atoms with Crippen LogP contribution in [0.5, 0.6) is 0 Å². The van der Waals surface area contributed by atoms with Gasteiger partial charge in [0.25, 0.3) is 0 Å². The molecule has 0 aromatic carbocycles. The fourth-order valence-corrected chi connectivity index (χ4v) is 1.75. The first-order valence-electron chi connectivity index (χ1n) is 5.54. The summed E-state index contributed by atoms with van der Waals surface area (Å²) in [4.78, 5) is 7.21. The van der Waals surface area contributed by atoms with E-state index in [4.69, 9.17) is 18.0 Å². The number of fused-ring (bicyclic) bond motifs is 1. The van der Waals surface area contributed by atoms with E-state index in [0.717, 1.165) is 24.6 Å². The highest BCUT2D eigenvalue weighted by atomic mass is 32.1. The smallest absolute Gasteiger partial charge is 0.157 e. The highest BCUT2D eigenvalue weighted by Gasteiger charge is 2.07. The van der Waals surface area contributed by atoms with Crippen LogP contribution < -0.4 is 10.6 Å². The third-order valence-corrected chi connectivity index (χ3v) is 2.78. The molecule has 2 heterocycles. The van der Waals surface area contributed by atoms with Crippen LogP contribution in [0.3, 0.4) is 0 Å². The fraction of sp³-hybridized carbons (Fsp3) is 0.364. The first kappa shape index (κ1) is 11.8. The van der Waals surface area contributed by atoms with Crippen molar-refractivity contribution in [3.8, 4) is 0 Å². The van der Waals surface area contributed by atoms with Crippen molar-refractivity contribution < 1.29 is 0 Å². The van der Waals surface area contributed by atoms with Gasteiger partial charge < -0.3 is 10.6 Å². The zero-order valence-corrected chi connectivity index (χ0v) is 10.5. The molecule has 2 aromatic rings. The molecule has 0 radical (unpaired) electrons. The van der Waals surface area contributed by atoms with Gasteiger partial charge in [0, 0.05) is 31.8 Å². The van der Waals surface area contributed by atoms with E-state index in [1.807, 2.05) is 18.3 Å². The average molecular weight is 249 g/mol. The first-order valence-corrected chi connectivity index (χ1v) is 5.95. The van der Waals surface area contributed by atoms with Crippen molar-refractivity contribution in [1.29, 1.82) is 0 Å². The summed E-state index contributed by atoms with van der Waals surface area (Å²) in [6.45, 7) is 3.75. The minimum atomic E-state index is 0.536. The Bertz CT molecular complexity index is 521. The van der Waals surface area contributed by atoms with Crippen LogP contribution >= 0.6 is 12.2 Å². The predicted molar refractivity (Wildman–Crippen MR) is 72.3 cm³/mol. The van der Waals surface area contributed by atoms with Gasteiger partial charge in [0.15, 0.2) is 5.65 Å². The molecule has 0 amide bonds. The third kappa shape index (κ3) is 2.71. The summed E-state index contributed by atoms with van der Waals surface area (Å²) < 4.78 is 1.74. The molecule has 0 atom stereocenters. The standard InChI is InChI=1S/C11H15N5S/c1-2-15(7-4-9(12)17)10-5-8-16-11(14-10)3-6-13-16/h3,5-6,8H,2,4,7H2,1H3,(H2,12,17). The van der Waals surface area contributed by atoms with Crippen LogP contribution in [0.2, 0.25) is 0 Å². The lowest BCUT2D eigenvalue weighted by molar-refractivity contribution is 0.813. The van der Waals surface area contributed by atoms with E-state index in [9.17, 15) is 0 Å². The molecule has 0 fully saturated rings. The van der Waals surface area contributed by atoms with Crippen molar-refractivity contribution in [1.82, 2.24) is 14.6 Å². The maximum atomic E-state index is 5.52. The van der Waals surface area contributed by atoms with Gasteiger partial charge in [0.1, 0.15) is 5.82 Å². The zero-order chi connectivity index (χ0) is 12.3. The molecule has 5 nitrogen and oxygen atoms in total.